The van der Waals surface area contributed by atoms with E-state index < -0.39 is 17.6 Å². The van der Waals surface area contributed by atoms with Gasteiger partial charge in [0, 0.05) is 20.6 Å². The van der Waals surface area contributed by atoms with Crippen LogP contribution in [0.1, 0.15) is 0 Å². The molecule has 3 aromatic rings. The van der Waals surface area contributed by atoms with Gasteiger partial charge in [-0.15, -0.1) is 0 Å². The van der Waals surface area contributed by atoms with Crippen LogP contribution < -0.4 is 10.2 Å². The summed E-state index contributed by atoms with van der Waals surface area (Å²) in [7, 11) is 0. The lowest BCUT2D eigenvalue weighted by Gasteiger charge is -2.15. The fourth-order valence-electron chi connectivity index (χ4n) is 2.88. The van der Waals surface area contributed by atoms with Crippen LogP contribution in [-0.4, -0.2) is 11.8 Å². The molecule has 0 saturated heterocycles. The zero-order valence-corrected chi connectivity index (χ0v) is 18.6. The lowest BCUT2D eigenvalue weighted by Crippen LogP contribution is -2.32. The Labute approximate surface area is 196 Å². The molecule has 1 N–H and O–H groups in total. The molecular weight excluding hydrogens is 482 g/mol. The number of thioether (sulfide) groups is 1. The highest BCUT2D eigenvalue weighted by Gasteiger charge is 2.40. The van der Waals surface area contributed by atoms with Crippen molar-refractivity contribution in [1.82, 2.24) is 0 Å². The summed E-state index contributed by atoms with van der Waals surface area (Å²) in [5, 5.41) is 3.85. The largest absolute Gasteiger partial charge is 0.350 e. The van der Waals surface area contributed by atoms with Crippen molar-refractivity contribution in [1.29, 1.82) is 0 Å². The summed E-state index contributed by atoms with van der Waals surface area (Å²) in [6.07, 6.45) is 0. The molecule has 0 saturated carbocycles. The number of halogens is 4. The number of hydrogen-bond acceptors (Lipinski definition) is 4. The van der Waals surface area contributed by atoms with Crippen LogP contribution in [0.4, 0.5) is 15.8 Å². The fourth-order valence-corrected chi connectivity index (χ4v) is 4.24. The summed E-state index contributed by atoms with van der Waals surface area (Å²) < 4.78 is 13.5. The van der Waals surface area contributed by atoms with Gasteiger partial charge in [-0.05, 0) is 66.7 Å². The summed E-state index contributed by atoms with van der Waals surface area (Å²) in [5.41, 5.74) is 0.805. The van der Waals surface area contributed by atoms with E-state index in [1.165, 1.54) is 18.2 Å². The van der Waals surface area contributed by atoms with Crippen LogP contribution in [-0.2, 0) is 9.59 Å². The standard InChI is InChI=1S/C22H12Cl3FN2O2S/c23-12-1-6-15(7-2-12)28-21(29)19(27-14-5-10-18(26)17(25)11-14)20(22(28)30)31-16-8-3-13(24)4-9-16/h1-11,27H. The smallest absolute Gasteiger partial charge is 0.283 e. The molecule has 9 heteroatoms. The van der Waals surface area contributed by atoms with E-state index in [-0.39, 0.29) is 15.6 Å². The van der Waals surface area contributed by atoms with Crippen molar-refractivity contribution >= 4 is 69.8 Å². The second kappa shape index (κ2) is 8.93. The van der Waals surface area contributed by atoms with Crippen molar-refractivity contribution in [3.63, 3.8) is 0 Å². The molecule has 31 heavy (non-hydrogen) atoms. The molecule has 0 spiro atoms. The molecule has 0 fully saturated rings. The van der Waals surface area contributed by atoms with Crippen molar-refractivity contribution in [2.75, 3.05) is 10.2 Å². The van der Waals surface area contributed by atoms with E-state index in [1.807, 2.05) is 0 Å². The van der Waals surface area contributed by atoms with Crippen molar-refractivity contribution in [3.05, 3.63) is 98.2 Å². The van der Waals surface area contributed by atoms with Gasteiger partial charge in [-0.1, -0.05) is 46.6 Å². The number of nitrogens with zero attached hydrogens (tertiary/aromatic N) is 1. The predicted molar refractivity (Wildman–Crippen MR) is 123 cm³/mol. The molecular formula is C22H12Cl3FN2O2S. The number of rotatable bonds is 5. The molecule has 4 nitrogen and oxygen atoms in total. The average Bonchev–Trinajstić information content (AvgIpc) is 2.97. The zero-order chi connectivity index (χ0) is 22.1. The Hall–Kier alpha value is -2.51. The SMILES string of the molecule is O=C1C(Nc2ccc(F)c(Cl)c2)=C(Sc2ccc(Cl)cc2)C(=O)N1c1ccc(Cl)cc1. The first-order valence-corrected chi connectivity index (χ1v) is 10.8. The minimum atomic E-state index is -0.589. The van der Waals surface area contributed by atoms with Gasteiger partial charge in [0.25, 0.3) is 11.8 Å². The van der Waals surface area contributed by atoms with Crippen molar-refractivity contribution in [3.8, 4) is 0 Å². The summed E-state index contributed by atoms with van der Waals surface area (Å²) in [6, 6.07) is 17.2. The molecule has 0 bridgehead atoms. The minimum absolute atomic E-state index is 0.0579. The lowest BCUT2D eigenvalue weighted by molar-refractivity contribution is -0.120. The van der Waals surface area contributed by atoms with Crippen LogP contribution in [0.25, 0.3) is 0 Å². The van der Waals surface area contributed by atoms with Gasteiger partial charge in [-0.2, -0.15) is 0 Å². The van der Waals surface area contributed by atoms with Crippen LogP contribution in [0.5, 0.6) is 0 Å². The molecule has 2 amide bonds. The van der Waals surface area contributed by atoms with Gasteiger partial charge in [-0.3, -0.25) is 9.59 Å². The second-order valence-corrected chi connectivity index (χ2v) is 8.80. The maximum absolute atomic E-state index is 13.5. The van der Waals surface area contributed by atoms with Crippen LogP contribution in [0.3, 0.4) is 0 Å². The predicted octanol–water partition coefficient (Wildman–Crippen LogP) is 6.78. The first-order valence-electron chi connectivity index (χ1n) is 8.87. The number of anilines is 2. The Morgan fingerprint density at radius 3 is 2.03 bits per heavy atom. The maximum Gasteiger partial charge on any atom is 0.283 e. The topological polar surface area (TPSA) is 49.4 Å². The number of carbonyl (C=O) groups excluding carboxylic acids is 2. The summed E-state index contributed by atoms with van der Waals surface area (Å²) in [4.78, 5) is 28.4. The van der Waals surface area contributed by atoms with Crippen LogP contribution in [0.15, 0.2) is 82.2 Å². The van der Waals surface area contributed by atoms with Crippen LogP contribution in [0, 0.1) is 5.82 Å². The first kappa shape index (κ1) is 21.7. The quantitative estimate of drug-likeness (QED) is 0.398. The Morgan fingerprint density at radius 1 is 0.806 bits per heavy atom. The Bertz CT molecular complexity index is 1210. The van der Waals surface area contributed by atoms with Crippen molar-refractivity contribution in [2.45, 2.75) is 4.90 Å². The lowest BCUT2D eigenvalue weighted by atomic mass is 10.3. The second-order valence-electron chi connectivity index (χ2n) is 6.44. The number of hydrogen-bond donors (Lipinski definition) is 1. The number of imide groups is 1. The number of amides is 2. The Balaban J connectivity index is 1.74. The highest BCUT2D eigenvalue weighted by Crippen LogP contribution is 2.38. The fraction of sp³-hybridized carbons (Fsp3) is 0. The van der Waals surface area contributed by atoms with Crippen molar-refractivity contribution < 1.29 is 14.0 Å². The summed E-state index contributed by atoms with van der Waals surface area (Å²) in [6.45, 7) is 0. The van der Waals surface area contributed by atoms with E-state index in [2.05, 4.69) is 5.32 Å². The van der Waals surface area contributed by atoms with Gasteiger partial charge in [-0.25, -0.2) is 9.29 Å². The molecule has 1 heterocycles. The monoisotopic (exact) mass is 492 g/mol. The normalized spacial score (nSPS) is 13.9. The minimum Gasteiger partial charge on any atom is -0.350 e. The van der Waals surface area contributed by atoms with Gasteiger partial charge < -0.3 is 5.32 Å². The number of benzene rings is 3. The van der Waals surface area contributed by atoms with Crippen molar-refractivity contribution in [2.24, 2.45) is 0 Å². The number of carbonyl (C=O) groups is 2. The van der Waals surface area contributed by atoms with E-state index in [0.717, 1.165) is 21.6 Å². The maximum atomic E-state index is 13.5. The van der Waals surface area contributed by atoms with Gasteiger partial charge >= 0.3 is 0 Å². The van der Waals surface area contributed by atoms with E-state index in [1.54, 1.807) is 48.5 Å². The van der Waals surface area contributed by atoms with Gasteiger partial charge in [0.05, 0.1) is 10.7 Å². The molecule has 1 aliphatic heterocycles. The molecule has 0 radical (unpaired) electrons. The van der Waals surface area contributed by atoms with Gasteiger partial charge in [0.2, 0.25) is 0 Å². The molecule has 0 atom stereocenters. The van der Waals surface area contributed by atoms with E-state index in [0.29, 0.717) is 21.4 Å². The average molecular weight is 494 g/mol. The molecule has 0 aromatic heterocycles. The molecule has 156 valence electrons. The van der Waals surface area contributed by atoms with Gasteiger partial charge in [0.1, 0.15) is 16.4 Å². The van der Waals surface area contributed by atoms with E-state index in [4.69, 9.17) is 34.8 Å². The zero-order valence-electron chi connectivity index (χ0n) is 15.5. The molecule has 3 aromatic carbocycles. The summed E-state index contributed by atoms with van der Waals surface area (Å²) in [5.74, 6) is -1.64. The first-order chi connectivity index (χ1) is 14.8. The molecule has 0 unspecified atom stereocenters. The molecule has 4 rings (SSSR count). The van der Waals surface area contributed by atoms with Gasteiger partial charge in [0.15, 0.2) is 0 Å². The Morgan fingerprint density at radius 2 is 1.42 bits per heavy atom. The third-order valence-electron chi connectivity index (χ3n) is 4.35. The number of nitrogens with one attached hydrogen (secondary N) is 1. The summed E-state index contributed by atoms with van der Waals surface area (Å²) >= 11 is 18.9. The van der Waals surface area contributed by atoms with E-state index >= 15 is 0 Å². The van der Waals surface area contributed by atoms with E-state index in [9.17, 15) is 14.0 Å². The third-order valence-corrected chi connectivity index (χ3v) is 6.23. The molecule has 1 aliphatic rings. The molecule has 0 aliphatic carbocycles. The Kier molecular flexibility index (Phi) is 6.25. The highest BCUT2D eigenvalue weighted by molar-refractivity contribution is 8.04. The third kappa shape index (κ3) is 4.57. The highest BCUT2D eigenvalue weighted by atomic mass is 35.5. The van der Waals surface area contributed by atoms with Crippen LogP contribution in [0.2, 0.25) is 15.1 Å². The van der Waals surface area contributed by atoms with Crippen LogP contribution >= 0.6 is 46.6 Å².